The minimum absolute atomic E-state index is 0.108. The quantitative estimate of drug-likeness (QED) is 0.750. The Labute approximate surface area is 131 Å². The maximum absolute atomic E-state index is 11.9. The van der Waals surface area contributed by atoms with Crippen molar-refractivity contribution in [3.63, 3.8) is 0 Å². The Kier molecular flexibility index (Phi) is 6.68. The van der Waals surface area contributed by atoms with Gasteiger partial charge in [-0.15, -0.1) is 0 Å². The smallest absolute Gasteiger partial charge is 0.250 e. The van der Waals surface area contributed by atoms with Crippen LogP contribution in [0.25, 0.3) is 0 Å². The van der Waals surface area contributed by atoms with E-state index < -0.39 is 0 Å². The molecule has 0 heterocycles. The Morgan fingerprint density at radius 3 is 2.73 bits per heavy atom. The van der Waals surface area contributed by atoms with Gasteiger partial charge in [0, 0.05) is 12.8 Å². The third-order valence-electron chi connectivity index (χ3n) is 3.78. The van der Waals surface area contributed by atoms with Crippen LogP contribution in [0.4, 0.5) is 5.69 Å². The lowest BCUT2D eigenvalue weighted by molar-refractivity contribution is -0.122. The summed E-state index contributed by atoms with van der Waals surface area (Å²) in [6.45, 7) is 3.12. The van der Waals surface area contributed by atoms with E-state index in [9.17, 15) is 4.79 Å². The molecule has 0 saturated heterocycles. The van der Waals surface area contributed by atoms with Crippen LogP contribution in [-0.4, -0.2) is 38.9 Å². The van der Waals surface area contributed by atoms with Crippen molar-refractivity contribution in [2.75, 3.05) is 32.2 Å². The molecule has 1 aromatic rings. The van der Waals surface area contributed by atoms with E-state index in [-0.39, 0.29) is 18.6 Å². The highest BCUT2D eigenvalue weighted by Gasteiger charge is 2.16. The number of nitrogens with one attached hydrogen (secondary N) is 1. The number of anilines is 1. The zero-order valence-electron chi connectivity index (χ0n) is 13.4. The number of rotatable bonds is 8. The normalized spacial score (nSPS) is 15.0. The van der Waals surface area contributed by atoms with Gasteiger partial charge in [-0.1, -0.05) is 12.8 Å². The number of aryl methyl sites for hydroxylation is 1. The molecule has 5 heteroatoms. The van der Waals surface area contributed by atoms with Gasteiger partial charge in [0.25, 0.3) is 0 Å². The summed E-state index contributed by atoms with van der Waals surface area (Å²) < 4.78 is 16.1. The predicted molar refractivity (Wildman–Crippen MR) is 85.4 cm³/mol. The lowest BCUT2D eigenvalue weighted by Crippen LogP contribution is -2.22. The van der Waals surface area contributed by atoms with Crippen LogP contribution < -0.4 is 10.1 Å². The average Bonchev–Trinajstić information content (AvgIpc) is 3.01. The molecule has 1 amide bonds. The maximum atomic E-state index is 11.9. The van der Waals surface area contributed by atoms with E-state index >= 15 is 0 Å². The van der Waals surface area contributed by atoms with Crippen molar-refractivity contribution in [3.8, 4) is 5.75 Å². The molecule has 1 aliphatic carbocycles. The fraction of sp³-hybridized carbons (Fsp3) is 0.588. The van der Waals surface area contributed by atoms with Crippen molar-refractivity contribution in [3.05, 3.63) is 23.8 Å². The Balaban J connectivity index is 1.79. The van der Waals surface area contributed by atoms with Crippen LogP contribution in [0.5, 0.6) is 5.75 Å². The van der Waals surface area contributed by atoms with E-state index in [1.165, 1.54) is 12.8 Å². The van der Waals surface area contributed by atoms with Gasteiger partial charge >= 0.3 is 0 Å². The molecule has 0 atom stereocenters. The average molecular weight is 307 g/mol. The molecule has 0 radical (unpaired) electrons. The van der Waals surface area contributed by atoms with Crippen molar-refractivity contribution in [1.82, 2.24) is 0 Å². The highest BCUT2D eigenvalue weighted by molar-refractivity contribution is 5.92. The molecule has 1 fully saturated rings. The molecule has 22 heavy (non-hydrogen) atoms. The summed E-state index contributed by atoms with van der Waals surface area (Å²) in [5, 5.41) is 2.88. The van der Waals surface area contributed by atoms with Crippen LogP contribution in [0.3, 0.4) is 0 Å². The monoisotopic (exact) mass is 307 g/mol. The standard InChI is InChI=1S/C17H25NO4/c1-13-11-15(21-10-9-20-2)7-8-16(13)18-17(19)12-22-14-5-3-4-6-14/h7-8,11,14H,3-6,9-10,12H2,1-2H3,(H,18,19). The topological polar surface area (TPSA) is 56.8 Å². The fourth-order valence-electron chi connectivity index (χ4n) is 2.54. The van der Waals surface area contributed by atoms with Gasteiger partial charge in [-0.2, -0.15) is 0 Å². The van der Waals surface area contributed by atoms with Crippen LogP contribution in [0.2, 0.25) is 0 Å². The Morgan fingerprint density at radius 2 is 2.05 bits per heavy atom. The van der Waals surface area contributed by atoms with Crippen LogP contribution in [0.15, 0.2) is 18.2 Å². The molecule has 2 rings (SSSR count). The van der Waals surface area contributed by atoms with Gasteiger partial charge in [0.05, 0.1) is 12.7 Å². The van der Waals surface area contributed by atoms with Crippen LogP contribution in [-0.2, 0) is 14.3 Å². The molecule has 0 unspecified atom stereocenters. The molecule has 122 valence electrons. The summed E-state index contributed by atoms with van der Waals surface area (Å²) in [7, 11) is 1.64. The summed E-state index contributed by atoms with van der Waals surface area (Å²) >= 11 is 0. The number of hydrogen-bond donors (Lipinski definition) is 1. The second-order valence-electron chi connectivity index (χ2n) is 5.58. The summed E-state index contributed by atoms with van der Waals surface area (Å²) in [5.74, 6) is 0.665. The fourth-order valence-corrected chi connectivity index (χ4v) is 2.54. The number of amides is 1. The zero-order valence-corrected chi connectivity index (χ0v) is 13.4. The minimum Gasteiger partial charge on any atom is -0.491 e. The molecule has 1 aliphatic rings. The third-order valence-corrected chi connectivity index (χ3v) is 3.78. The molecule has 0 spiro atoms. The Bertz CT molecular complexity index is 484. The van der Waals surface area contributed by atoms with Crippen molar-refractivity contribution < 1.29 is 19.0 Å². The lowest BCUT2D eigenvalue weighted by Gasteiger charge is -2.13. The van der Waals surface area contributed by atoms with Crippen molar-refractivity contribution in [2.24, 2.45) is 0 Å². The first kappa shape index (κ1) is 16.8. The van der Waals surface area contributed by atoms with Gasteiger partial charge in [0.2, 0.25) is 5.91 Å². The molecule has 5 nitrogen and oxygen atoms in total. The van der Waals surface area contributed by atoms with Gasteiger partial charge in [0.15, 0.2) is 0 Å². The first-order valence-corrected chi connectivity index (χ1v) is 7.83. The van der Waals surface area contributed by atoms with Crippen LogP contribution in [0.1, 0.15) is 31.2 Å². The van der Waals surface area contributed by atoms with Gasteiger partial charge in [0.1, 0.15) is 19.0 Å². The first-order valence-electron chi connectivity index (χ1n) is 7.83. The second-order valence-corrected chi connectivity index (χ2v) is 5.58. The summed E-state index contributed by atoms with van der Waals surface area (Å²) in [6.07, 6.45) is 4.80. The number of carbonyl (C=O) groups excluding carboxylic acids is 1. The number of methoxy groups -OCH3 is 1. The molecule has 1 N–H and O–H groups in total. The summed E-state index contributed by atoms with van der Waals surface area (Å²) in [5.41, 5.74) is 1.75. The number of ether oxygens (including phenoxy) is 3. The van der Waals surface area contributed by atoms with E-state index in [2.05, 4.69) is 5.32 Å². The number of hydrogen-bond acceptors (Lipinski definition) is 4. The molecule has 1 saturated carbocycles. The molecule has 0 aliphatic heterocycles. The van der Waals surface area contributed by atoms with Gasteiger partial charge in [-0.25, -0.2) is 0 Å². The zero-order chi connectivity index (χ0) is 15.8. The Morgan fingerprint density at radius 1 is 1.27 bits per heavy atom. The molecule has 0 aromatic heterocycles. The van der Waals surface area contributed by atoms with Crippen LogP contribution >= 0.6 is 0 Å². The minimum atomic E-state index is -0.108. The predicted octanol–water partition coefficient (Wildman–Crippen LogP) is 2.92. The van der Waals surface area contributed by atoms with Crippen molar-refractivity contribution >= 4 is 11.6 Å². The van der Waals surface area contributed by atoms with Gasteiger partial charge in [-0.3, -0.25) is 4.79 Å². The molecular formula is C17H25NO4. The SMILES string of the molecule is COCCOc1ccc(NC(=O)COC2CCCC2)c(C)c1. The summed E-state index contributed by atoms with van der Waals surface area (Å²) in [6, 6.07) is 5.60. The largest absolute Gasteiger partial charge is 0.491 e. The summed E-state index contributed by atoms with van der Waals surface area (Å²) in [4.78, 5) is 11.9. The van der Waals surface area contributed by atoms with Crippen molar-refractivity contribution in [1.29, 1.82) is 0 Å². The highest BCUT2D eigenvalue weighted by atomic mass is 16.5. The van der Waals surface area contributed by atoms with E-state index in [1.54, 1.807) is 7.11 Å². The molecule has 1 aromatic carbocycles. The number of benzene rings is 1. The number of carbonyl (C=O) groups is 1. The van der Waals surface area contributed by atoms with E-state index in [4.69, 9.17) is 14.2 Å². The first-order chi connectivity index (χ1) is 10.7. The lowest BCUT2D eigenvalue weighted by atomic mass is 10.2. The van der Waals surface area contributed by atoms with Crippen LogP contribution in [0, 0.1) is 6.92 Å². The van der Waals surface area contributed by atoms with E-state index in [1.807, 2.05) is 25.1 Å². The second kappa shape index (κ2) is 8.76. The Hall–Kier alpha value is -1.59. The third kappa shape index (κ3) is 5.31. The highest BCUT2D eigenvalue weighted by Crippen LogP contribution is 2.22. The molecule has 0 bridgehead atoms. The van der Waals surface area contributed by atoms with E-state index in [0.29, 0.717) is 13.2 Å². The van der Waals surface area contributed by atoms with Crippen molar-refractivity contribution in [2.45, 2.75) is 38.7 Å². The van der Waals surface area contributed by atoms with E-state index in [0.717, 1.165) is 29.8 Å². The molecular weight excluding hydrogens is 282 g/mol. The van der Waals surface area contributed by atoms with Gasteiger partial charge < -0.3 is 19.5 Å². The maximum Gasteiger partial charge on any atom is 0.250 e. The van der Waals surface area contributed by atoms with Gasteiger partial charge in [-0.05, 0) is 43.5 Å².